The molecule has 0 saturated carbocycles. The van der Waals surface area contributed by atoms with Crippen LogP contribution in [0.5, 0.6) is 0 Å². The summed E-state index contributed by atoms with van der Waals surface area (Å²) >= 11 is 1.66. The summed E-state index contributed by atoms with van der Waals surface area (Å²) in [5.74, 6) is 1.09. The molecular formula is C24H29N3O2S. The summed E-state index contributed by atoms with van der Waals surface area (Å²) in [4.78, 5) is 28.8. The van der Waals surface area contributed by atoms with Crippen molar-refractivity contribution >= 4 is 23.5 Å². The first kappa shape index (κ1) is 21.1. The molecule has 4 rings (SSSR count). The van der Waals surface area contributed by atoms with E-state index in [0.717, 1.165) is 30.0 Å². The van der Waals surface area contributed by atoms with E-state index in [1.807, 2.05) is 65.6 Å². The number of benzene rings is 2. The first-order chi connectivity index (χ1) is 14.7. The lowest BCUT2D eigenvalue weighted by Crippen LogP contribution is -2.45. The lowest BCUT2D eigenvalue weighted by Gasteiger charge is -2.32. The fourth-order valence-electron chi connectivity index (χ4n) is 4.35. The van der Waals surface area contributed by atoms with Crippen molar-refractivity contribution < 1.29 is 9.59 Å². The van der Waals surface area contributed by atoms with Crippen LogP contribution in [0.25, 0.3) is 0 Å². The molecule has 0 radical (unpaired) electrons. The zero-order chi connectivity index (χ0) is 20.8. The van der Waals surface area contributed by atoms with Gasteiger partial charge >= 0.3 is 0 Å². The van der Waals surface area contributed by atoms with E-state index in [4.69, 9.17) is 0 Å². The molecule has 0 aliphatic carbocycles. The van der Waals surface area contributed by atoms with Crippen LogP contribution in [-0.4, -0.2) is 47.4 Å². The highest BCUT2D eigenvalue weighted by atomic mass is 32.2. The van der Waals surface area contributed by atoms with Gasteiger partial charge in [0.05, 0.1) is 10.7 Å². The van der Waals surface area contributed by atoms with Crippen LogP contribution in [0, 0.1) is 5.41 Å². The number of rotatable bonds is 8. The van der Waals surface area contributed by atoms with Crippen LogP contribution >= 0.6 is 11.8 Å². The first-order valence-electron chi connectivity index (χ1n) is 10.6. The average Bonchev–Trinajstić information content (AvgIpc) is 3.47. The molecule has 158 valence electrons. The summed E-state index contributed by atoms with van der Waals surface area (Å²) < 4.78 is 0. The molecule has 30 heavy (non-hydrogen) atoms. The van der Waals surface area contributed by atoms with Gasteiger partial charge in [-0.1, -0.05) is 60.7 Å². The standard InChI is InChI=1S/C24H29N3O2S/c28-22(13-24(11-12-25-17-24)23(29)21-14-26-18-30-21)27(15-19-7-3-1-4-8-19)16-20-9-5-2-6-10-20/h1-10,21,25-26H,11-18H2. The van der Waals surface area contributed by atoms with E-state index in [2.05, 4.69) is 10.6 Å². The molecule has 0 bridgehead atoms. The predicted molar refractivity (Wildman–Crippen MR) is 121 cm³/mol. The van der Waals surface area contributed by atoms with Gasteiger partial charge < -0.3 is 15.5 Å². The average molecular weight is 424 g/mol. The van der Waals surface area contributed by atoms with E-state index in [0.29, 0.717) is 26.2 Å². The summed E-state index contributed by atoms with van der Waals surface area (Å²) in [6.45, 7) is 3.19. The van der Waals surface area contributed by atoms with Gasteiger partial charge in [-0.2, -0.15) is 0 Å². The van der Waals surface area contributed by atoms with E-state index in [-0.39, 0.29) is 23.4 Å². The second-order valence-electron chi connectivity index (χ2n) is 8.22. The topological polar surface area (TPSA) is 61.4 Å². The van der Waals surface area contributed by atoms with E-state index >= 15 is 0 Å². The van der Waals surface area contributed by atoms with Crippen molar-refractivity contribution in [2.75, 3.05) is 25.5 Å². The van der Waals surface area contributed by atoms with Gasteiger partial charge in [-0.15, -0.1) is 11.8 Å². The number of carbonyl (C=O) groups is 2. The Morgan fingerprint density at radius 2 is 1.60 bits per heavy atom. The highest BCUT2D eigenvalue weighted by molar-refractivity contribution is 8.00. The van der Waals surface area contributed by atoms with Crippen molar-refractivity contribution in [3.8, 4) is 0 Å². The van der Waals surface area contributed by atoms with Gasteiger partial charge in [-0.3, -0.25) is 9.59 Å². The SMILES string of the molecule is O=C(CC1(C(=O)C2CNCS2)CCNC1)N(Cc1ccccc1)Cc1ccccc1. The summed E-state index contributed by atoms with van der Waals surface area (Å²) in [6.07, 6.45) is 1.01. The maximum Gasteiger partial charge on any atom is 0.224 e. The van der Waals surface area contributed by atoms with Crippen molar-refractivity contribution in [2.24, 2.45) is 5.41 Å². The summed E-state index contributed by atoms with van der Waals surface area (Å²) in [5, 5.41) is 6.55. The number of carbonyl (C=O) groups excluding carboxylic acids is 2. The van der Waals surface area contributed by atoms with Gasteiger partial charge in [0.2, 0.25) is 5.91 Å². The quantitative estimate of drug-likeness (QED) is 0.684. The molecule has 2 aliphatic rings. The summed E-state index contributed by atoms with van der Waals surface area (Å²) in [5.41, 5.74) is 1.61. The Labute approximate surface area is 182 Å². The molecule has 2 aliphatic heterocycles. The molecule has 2 fully saturated rings. The van der Waals surface area contributed by atoms with Gasteiger partial charge in [0, 0.05) is 38.5 Å². The lowest BCUT2D eigenvalue weighted by molar-refractivity contribution is -0.140. The van der Waals surface area contributed by atoms with Gasteiger partial charge in [0.25, 0.3) is 0 Å². The summed E-state index contributed by atoms with van der Waals surface area (Å²) in [7, 11) is 0. The molecule has 0 spiro atoms. The predicted octanol–water partition coefficient (Wildman–Crippen LogP) is 2.82. The van der Waals surface area contributed by atoms with Crippen molar-refractivity contribution in [3.05, 3.63) is 71.8 Å². The third-order valence-electron chi connectivity index (χ3n) is 6.05. The van der Waals surface area contributed by atoms with Crippen LogP contribution in [0.15, 0.2) is 60.7 Å². The first-order valence-corrected chi connectivity index (χ1v) is 11.6. The molecule has 2 N–H and O–H groups in total. The minimum atomic E-state index is -0.591. The maximum absolute atomic E-state index is 13.6. The Balaban J connectivity index is 1.54. The molecule has 1 amide bonds. The normalized spacial score (nSPS) is 23.4. The largest absolute Gasteiger partial charge is 0.334 e. The number of thioether (sulfide) groups is 1. The van der Waals surface area contributed by atoms with E-state index in [9.17, 15) is 9.59 Å². The van der Waals surface area contributed by atoms with Gasteiger partial charge in [-0.25, -0.2) is 0 Å². The Morgan fingerprint density at radius 3 is 2.10 bits per heavy atom. The number of hydrogen-bond acceptors (Lipinski definition) is 5. The van der Waals surface area contributed by atoms with E-state index < -0.39 is 5.41 Å². The third kappa shape index (κ3) is 4.94. The van der Waals surface area contributed by atoms with Crippen LogP contribution in [0.3, 0.4) is 0 Å². The minimum absolute atomic E-state index is 0.0469. The minimum Gasteiger partial charge on any atom is -0.334 e. The Kier molecular flexibility index (Phi) is 6.87. The fourth-order valence-corrected chi connectivity index (χ4v) is 5.43. The highest BCUT2D eigenvalue weighted by Gasteiger charge is 2.47. The molecule has 2 heterocycles. The highest BCUT2D eigenvalue weighted by Crippen LogP contribution is 2.36. The number of Topliss-reactive ketones (excluding diaryl/α,β-unsaturated/α-hetero) is 1. The van der Waals surface area contributed by atoms with Crippen LogP contribution in [-0.2, 0) is 22.7 Å². The second-order valence-corrected chi connectivity index (χ2v) is 9.41. The second kappa shape index (κ2) is 9.77. The lowest BCUT2D eigenvalue weighted by atomic mass is 9.77. The molecule has 0 aromatic heterocycles. The Morgan fingerprint density at radius 1 is 0.967 bits per heavy atom. The number of amides is 1. The van der Waals surface area contributed by atoms with Crippen molar-refractivity contribution in [1.29, 1.82) is 0 Å². The van der Waals surface area contributed by atoms with Crippen LogP contribution in [0.4, 0.5) is 0 Å². The van der Waals surface area contributed by atoms with Gasteiger partial charge in [-0.05, 0) is 24.1 Å². The zero-order valence-corrected chi connectivity index (χ0v) is 18.0. The third-order valence-corrected chi connectivity index (χ3v) is 7.20. The van der Waals surface area contributed by atoms with Crippen LogP contribution < -0.4 is 10.6 Å². The zero-order valence-electron chi connectivity index (χ0n) is 17.2. The molecule has 2 unspecified atom stereocenters. The van der Waals surface area contributed by atoms with Crippen LogP contribution in [0.1, 0.15) is 24.0 Å². The molecule has 2 aromatic carbocycles. The number of hydrogen-bond donors (Lipinski definition) is 2. The van der Waals surface area contributed by atoms with E-state index in [1.54, 1.807) is 11.8 Å². The molecular weight excluding hydrogens is 394 g/mol. The van der Waals surface area contributed by atoms with E-state index in [1.165, 1.54) is 0 Å². The molecule has 5 nitrogen and oxygen atoms in total. The molecule has 2 saturated heterocycles. The van der Waals surface area contributed by atoms with Gasteiger partial charge in [0.15, 0.2) is 5.78 Å². The molecule has 2 aromatic rings. The molecule has 6 heteroatoms. The smallest absolute Gasteiger partial charge is 0.224 e. The maximum atomic E-state index is 13.6. The monoisotopic (exact) mass is 423 g/mol. The fraction of sp³-hybridized carbons (Fsp3) is 0.417. The number of nitrogens with one attached hydrogen (secondary N) is 2. The Bertz CT molecular complexity index is 806. The van der Waals surface area contributed by atoms with Crippen molar-refractivity contribution in [2.45, 2.75) is 31.2 Å². The van der Waals surface area contributed by atoms with Crippen LogP contribution in [0.2, 0.25) is 0 Å². The summed E-state index contributed by atoms with van der Waals surface area (Å²) in [6, 6.07) is 20.1. The molecule has 2 atom stereocenters. The van der Waals surface area contributed by atoms with Crippen molar-refractivity contribution in [1.82, 2.24) is 15.5 Å². The van der Waals surface area contributed by atoms with Gasteiger partial charge in [0.1, 0.15) is 0 Å². The number of ketones is 1. The van der Waals surface area contributed by atoms with Crippen molar-refractivity contribution in [3.63, 3.8) is 0 Å². The number of nitrogens with zero attached hydrogens (tertiary/aromatic N) is 1. The Hall–Kier alpha value is -2.15.